The van der Waals surface area contributed by atoms with Crippen molar-refractivity contribution >= 4 is 27.1 Å². The molecular weight excluding hydrogens is 320 g/mol. The second-order valence-electron chi connectivity index (χ2n) is 4.21. The molecular formula is C10H11BrN4O4. The summed E-state index contributed by atoms with van der Waals surface area (Å²) in [4.78, 5) is 12.1. The van der Waals surface area contributed by atoms with E-state index >= 15 is 0 Å². The standard InChI is InChI=1S/C10H11BrN4O4/c11-10-14-4-1-12-3-13-8(4)15(10)9-7(18)6(17)5(2-16)19-9/h1,3,5-7,9,16-18H,2H2/t5-,6-,7-,9-/m1/s1. The lowest BCUT2D eigenvalue weighted by Gasteiger charge is -2.17. The number of nitrogens with zero attached hydrogens (tertiary/aromatic N) is 4. The van der Waals surface area contributed by atoms with Gasteiger partial charge in [0, 0.05) is 0 Å². The normalized spacial score (nSPS) is 31.2. The van der Waals surface area contributed by atoms with E-state index in [0.717, 1.165) is 0 Å². The minimum Gasteiger partial charge on any atom is -0.394 e. The number of aromatic nitrogens is 4. The summed E-state index contributed by atoms with van der Waals surface area (Å²) < 4.78 is 7.37. The van der Waals surface area contributed by atoms with Crippen molar-refractivity contribution in [2.75, 3.05) is 6.61 Å². The third kappa shape index (κ3) is 1.94. The number of hydrogen-bond acceptors (Lipinski definition) is 7. The van der Waals surface area contributed by atoms with Crippen LogP contribution in [0.2, 0.25) is 0 Å². The maximum Gasteiger partial charge on any atom is 0.181 e. The fraction of sp³-hybridized carbons (Fsp3) is 0.500. The zero-order valence-electron chi connectivity index (χ0n) is 9.59. The fourth-order valence-electron chi connectivity index (χ4n) is 2.14. The van der Waals surface area contributed by atoms with Gasteiger partial charge in [-0.3, -0.25) is 4.57 Å². The van der Waals surface area contributed by atoms with E-state index in [9.17, 15) is 10.2 Å². The van der Waals surface area contributed by atoms with Gasteiger partial charge in [0.25, 0.3) is 0 Å². The molecule has 1 saturated heterocycles. The lowest BCUT2D eigenvalue weighted by molar-refractivity contribution is -0.0521. The summed E-state index contributed by atoms with van der Waals surface area (Å²) in [6.07, 6.45) is -1.17. The van der Waals surface area contributed by atoms with Gasteiger partial charge in [-0.25, -0.2) is 15.0 Å². The number of halogens is 1. The molecule has 3 N–H and O–H groups in total. The van der Waals surface area contributed by atoms with Gasteiger partial charge in [-0.15, -0.1) is 0 Å². The highest BCUT2D eigenvalue weighted by Gasteiger charge is 2.44. The molecule has 0 unspecified atom stereocenters. The number of fused-ring (bicyclic) bond motifs is 1. The Hall–Kier alpha value is -1.13. The third-order valence-corrected chi connectivity index (χ3v) is 3.64. The third-order valence-electron chi connectivity index (χ3n) is 3.08. The van der Waals surface area contributed by atoms with Gasteiger partial charge in [-0.1, -0.05) is 0 Å². The van der Waals surface area contributed by atoms with E-state index < -0.39 is 24.5 Å². The Morgan fingerprint density at radius 3 is 2.84 bits per heavy atom. The van der Waals surface area contributed by atoms with Crippen molar-refractivity contribution in [1.29, 1.82) is 0 Å². The molecule has 0 aromatic carbocycles. The van der Waals surface area contributed by atoms with Crippen molar-refractivity contribution in [3.63, 3.8) is 0 Å². The van der Waals surface area contributed by atoms with Crippen LogP contribution in [0.1, 0.15) is 6.23 Å². The lowest BCUT2D eigenvalue weighted by Crippen LogP contribution is -2.33. The fourth-order valence-corrected chi connectivity index (χ4v) is 2.70. The van der Waals surface area contributed by atoms with Crippen molar-refractivity contribution in [2.24, 2.45) is 0 Å². The largest absolute Gasteiger partial charge is 0.394 e. The molecule has 19 heavy (non-hydrogen) atoms. The first-order valence-corrected chi connectivity index (χ1v) is 6.38. The summed E-state index contributed by atoms with van der Waals surface area (Å²) in [5.74, 6) is 0. The van der Waals surface area contributed by atoms with Crippen LogP contribution in [0, 0.1) is 0 Å². The quantitative estimate of drug-likeness (QED) is 0.618. The summed E-state index contributed by atoms with van der Waals surface area (Å²) in [5, 5.41) is 28.9. The molecule has 3 rings (SSSR count). The molecule has 3 heterocycles. The number of imidazole rings is 1. The van der Waals surface area contributed by atoms with E-state index in [1.807, 2.05) is 0 Å². The summed E-state index contributed by atoms with van der Waals surface area (Å²) in [6.45, 7) is -0.381. The molecule has 2 aromatic rings. The van der Waals surface area contributed by atoms with Gasteiger partial charge in [-0.2, -0.15) is 0 Å². The molecule has 102 valence electrons. The molecule has 1 fully saturated rings. The second kappa shape index (κ2) is 4.76. The SMILES string of the molecule is OC[C@H]1O[C@@H](n2c(Br)nc3cncnc32)[C@H](O)[C@@H]1O. The van der Waals surface area contributed by atoms with Gasteiger partial charge >= 0.3 is 0 Å². The van der Waals surface area contributed by atoms with Crippen LogP contribution in [-0.2, 0) is 4.74 Å². The first-order chi connectivity index (χ1) is 9.13. The van der Waals surface area contributed by atoms with Crippen molar-refractivity contribution < 1.29 is 20.1 Å². The van der Waals surface area contributed by atoms with Crippen LogP contribution in [0.5, 0.6) is 0 Å². The smallest absolute Gasteiger partial charge is 0.181 e. The average molecular weight is 331 g/mol. The van der Waals surface area contributed by atoms with Gasteiger partial charge < -0.3 is 20.1 Å². The van der Waals surface area contributed by atoms with Gasteiger partial charge in [0.2, 0.25) is 0 Å². The van der Waals surface area contributed by atoms with Crippen molar-refractivity contribution in [3.8, 4) is 0 Å². The molecule has 9 heteroatoms. The number of rotatable bonds is 2. The molecule has 0 radical (unpaired) electrons. The first-order valence-electron chi connectivity index (χ1n) is 5.59. The van der Waals surface area contributed by atoms with E-state index in [1.165, 1.54) is 17.1 Å². The Morgan fingerprint density at radius 2 is 2.16 bits per heavy atom. The lowest BCUT2D eigenvalue weighted by atomic mass is 10.1. The Morgan fingerprint density at radius 1 is 1.37 bits per heavy atom. The predicted molar refractivity (Wildman–Crippen MR) is 66.0 cm³/mol. The highest BCUT2D eigenvalue weighted by atomic mass is 79.9. The summed E-state index contributed by atoms with van der Waals surface area (Å²) >= 11 is 3.26. The van der Waals surface area contributed by atoms with E-state index in [1.54, 1.807) is 0 Å². The molecule has 0 bridgehead atoms. The number of hydrogen-bond donors (Lipinski definition) is 3. The number of aliphatic hydroxyl groups is 3. The monoisotopic (exact) mass is 330 g/mol. The maximum absolute atomic E-state index is 10.0. The van der Waals surface area contributed by atoms with Gasteiger partial charge in [0.15, 0.2) is 16.6 Å². The van der Waals surface area contributed by atoms with Crippen molar-refractivity contribution in [2.45, 2.75) is 24.5 Å². The minimum absolute atomic E-state index is 0.381. The summed E-state index contributed by atoms with van der Waals surface area (Å²) in [5.41, 5.74) is 1.00. The van der Waals surface area contributed by atoms with Crippen molar-refractivity contribution in [3.05, 3.63) is 17.3 Å². The van der Waals surface area contributed by atoms with Gasteiger partial charge in [-0.05, 0) is 15.9 Å². The van der Waals surface area contributed by atoms with Crippen LogP contribution >= 0.6 is 15.9 Å². The Bertz CT molecular complexity index is 606. The van der Waals surface area contributed by atoms with Crippen LogP contribution in [0.25, 0.3) is 11.2 Å². The maximum atomic E-state index is 10.0. The van der Waals surface area contributed by atoms with E-state index in [2.05, 4.69) is 30.9 Å². The Kier molecular flexibility index (Phi) is 3.23. The number of ether oxygens (including phenoxy) is 1. The molecule has 0 amide bonds. The van der Waals surface area contributed by atoms with E-state index in [4.69, 9.17) is 9.84 Å². The van der Waals surface area contributed by atoms with Crippen LogP contribution in [0.15, 0.2) is 17.3 Å². The molecule has 8 nitrogen and oxygen atoms in total. The topological polar surface area (TPSA) is 114 Å². The second-order valence-corrected chi connectivity index (χ2v) is 4.92. The summed E-state index contributed by atoms with van der Waals surface area (Å²) in [7, 11) is 0. The number of aliphatic hydroxyl groups excluding tert-OH is 3. The van der Waals surface area contributed by atoms with Crippen molar-refractivity contribution in [1.82, 2.24) is 19.5 Å². The zero-order chi connectivity index (χ0) is 13.6. The molecule has 1 aliphatic heterocycles. The molecule has 2 aromatic heterocycles. The zero-order valence-corrected chi connectivity index (χ0v) is 11.2. The Labute approximate surface area is 115 Å². The first kappa shape index (κ1) is 12.9. The Balaban J connectivity index is 2.07. The molecule has 4 atom stereocenters. The van der Waals surface area contributed by atoms with E-state index in [-0.39, 0.29) is 6.61 Å². The predicted octanol–water partition coefficient (Wildman–Crippen LogP) is -0.800. The van der Waals surface area contributed by atoms with Crippen LogP contribution < -0.4 is 0 Å². The van der Waals surface area contributed by atoms with Gasteiger partial charge in [0.1, 0.15) is 30.2 Å². The average Bonchev–Trinajstić information content (AvgIpc) is 2.88. The van der Waals surface area contributed by atoms with E-state index in [0.29, 0.717) is 15.9 Å². The van der Waals surface area contributed by atoms with Crippen LogP contribution in [-0.4, -0.2) is 59.8 Å². The molecule has 1 aliphatic rings. The minimum atomic E-state index is -1.18. The highest BCUT2D eigenvalue weighted by Crippen LogP contribution is 2.33. The van der Waals surface area contributed by atoms with Crippen LogP contribution in [0.4, 0.5) is 0 Å². The van der Waals surface area contributed by atoms with Crippen LogP contribution in [0.3, 0.4) is 0 Å². The summed E-state index contributed by atoms with van der Waals surface area (Å²) in [6, 6.07) is 0. The highest BCUT2D eigenvalue weighted by molar-refractivity contribution is 9.10. The molecule has 0 spiro atoms. The van der Waals surface area contributed by atoms with Gasteiger partial charge in [0.05, 0.1) is 12.8 Å². The molecule has 0 aliphatic carbocycles. The molecule has 0 saturated carbocycles.